The highest BCUT2D eigenvalue weighted by Crippen LogP contribution is 2.33. The molecule has 0 saturated carbocycles. The molecule has 1 saturated heterocycles. The first kappa shape index (κ1) is 27.6. The second-order valence-corrected chi connectivity index (χ2v) is 11.3. The number of benzene rings is 2. The molecule has 4 heterocycles. The molecule has 216 valence electrons. The average molecular weight is 567 g/mol. The third kappa shape index (κ3) is 5.63. The van der Waals surface area contributed by atoms with Crippen molar-refractivity contribution in [2.45, 2.75) is 32.8 Å². The summed E-state index contributed by atoms with van der Waals surface area (Å²) in [6, 6.07) is 17.0. The Hall–Kier alpha value is -4.54. The van der Waals surface area contributed by atoms with E-state index in [1.54, 1.807) is 18.3 Å². The first-order valence-electron chi connectivity index (χ1n) is 14.1. The number of hydrogen-bond acceptors (Lipinski definition) is 8. The van der Waals surface area contributed by atoms with Gasteiger partial charge in [0.1, 0.15) is 5.69 Å². The molecule has 0 atom stereocenters. The zero-order valence-corrected chi connectivity index (χ0v) is 24.0. The van der Waals surface area contributed by atoms with E-state index in [9.17, 15) is 9.59 Å². The van der Waals surface area contributed by atoms with Crippen LogP contribution in [0.25, 0.3) is 11.1 Å². The highest BCUT2D eigenvalue weighted by molar-refractivity contribution is 6.05. The maximum atomic E-state index is 13.3. The van der Waals surface area contributed by atoms with Crippen LogP contribution in [0.3, 0.4) is 0 Å². The fourth-order valence-electron chi connectivity index (χ4n) is 5.51. The van der Waals surface area contributed by atoms with E-state index in [0.29, 0.717) is 49.2 Å². The Morgan fingerprint density at radius 1 is 1.00 bits per heavy atom. The molecule has 0 bridgehead atoms. The summed E-state index contributed by atoms with van der Waals surface area (Å²) in [5.74, 6) is 1.05. The second kappa shape index (κ2) is 11.4. The monoisotopic (exact) mass is 566 g/mol. The predicted molar refractivity (Wildman–Crippen MR) is 163 cm³/mol. The molecule has 10 heteroatoms. The molecule has 0 spiro atoms. The third-order valence-corrected chi connectivity index (χ3v) is 7.86. The summed E-state index contributed by atoms with van der Waals surface area (Å²) in [7, 11) is 0. The van der Waals surface area contributed by atoms with Gasteiger partial charge in [-0.15, -0.1) is 10.2 Å². The average Bonchev–Trinajstić information content (AvgIpc) is 3.00. The van der Waals surface area contributed by atoms with Crippen LogP contribution in [0.5, 0.6) is 0 Å². The lowest BCUT2D eigenvalue weighted by atomic mass is 9.80. The number of hydrogen-bond donors (Lipinski definition) is 3. The van der Waals surface area contributed by atoms with Crippen LogP contribution in [0, 0.1) is 6.92 Å². The van der Waals surface area contributed by atoms with E-state index in [4.69, 9.17) is 9.47 Å². The molecule has 4 aromatic rings. The Balaban J connectivity index is 1.20. The summed E-state index contributed by atoms with van der Waals surface area (Å²) in [6.07, 6.45) is 1.67. The lowest BCUT2D eigenvalue weighted by Gasteiger charge is -2.32. The molecule has 0 aliphatic carbocycles. The molecule has 6 rings (SSSR count). The SMILES string of the molecule is Cc1c(NC(=O)c2ccc3c(c2)COCC3(C)C)cccc1-c1c[nH]c(=O)c(Nc2ccc(N3CCOCC3)nn2)c1. The van der Waals surface area contributed by atoms with Gasteiger partial charge >= 0.3 is 0 Å². The number of morpholine rings is 1. The first-order valence-corrected chi connectivity index (χ1v) is 14.1. The number of rotatable bonds is 6. The lowest BCUT2D eigenvalue weighted by molar-refractivity contribution is 0.0641. The number of ether oxygens (including phenoxy) is 2. The van der Waals surface area contributed by atoms with E-state index in [1.807, 2.05) is 49.4 Å². The Labute approximate surface area is 244 Å². The molecule has 3 N–H and O–H groups in total. The van der Waals surface area contributed by atoms with E-state index < -0.39 is 0 Å². The van der Waals surface area contributed by atoms with Gasteiger partial charge in [-0.3, -0.25) is 9.59 Å². The van der Waals surface area contributed by atoms with Crippen molar-refractivity contribution in [3.8, 4) is 11.1 Å². The van der Waals surface area contributed by atoms with Crippen LogP contribution in [0.2, 0.25) is 0 Å². The van der Waals surface area contributed by atoms with Gasteiger partial charge in [-0.05, 0) is 65.6 Å². The quantitative estimate of drug-likeness (QED) is 0.305. The van der Waals surface area contributed by atoms with E-state index in [-0.39, 0.29) is 16.9 Å². The molecular formula is C32H34N6O4. The van der Waals surface area contributed by atoms with Crippen LogP contribution in [-0.2, 0) is 21.5 Å². The Morgan fingerprint density at radius 3 is 2.62 bits per heavy atom. The van der Waals surface area contributed by atoms with Crippen molar-refractivity contribution in [3.63, 3.8) is 0 Å². The van der Waals surface area contributed by atoms with Crippen molar-refractivity contribution in [3.05, 3.63) is 93.4 Å². The number of fused-ring (bicyclic) bond motifs is 1. The largest absolute Gasteiger partial charge is 0.378 e. The van der Waals surface area contributed by atoms with Crippen LogP contribution in [-0.4, -0.2) is 54.0 Å². The maximum Gasteiger partial charge on any atom is 0.271 e. The number of amides is 1. The molecule has 1 fully saturated rings. The number of carbonyl (C=O) groups is 1. The van der Waals surface area contributed by atoms with E-state index in [0.717, 1.165) is 41.2 Å². The molecule has 10 nitrogen and oxygen atoms in total. The minimum absolute atomic E-state index is 0.0865. The zero-order chi connectivity index (χ0) is 29.3. The normalized spacial score (nSPS) is 16.0. The van der Waals surface area contributed by atoms with Crippen LogP contribution in [0.4, 0.5) is 23.0 Å². The van der Waals surface area contributed by atoms with Crippen LogP contribution in [0.15, 0.2) is 65.6 Å². The van der Waals surface area contributed by atoms with Gasteiger partial charge in [0, 0.05) is 41.5 Å². The number of aromatic nitrogens is 3. The van der Waals surface area contributed by atoms with Crippen LogP contribution >= 0.6 is 0 Å². The van der Waals surface area contributed by atoms with Crippen molar-refractivity contribution < 1.29 is 14.3 Å². The van der Waals surface area contributed by atoms with Gasteiger partial charge in [-0.1, -0.05) is 32.0 Å². The molecule has 2 aliphatic rings. The molecule has 2 aliphatic heterocycles. The number of aromatic amines is 1. The number of anilines is 4. The Kier molecular flexibility index (Phi) is 7.49. The smallest absolute Gasteiger partial charge is 0.271 e. The molecular weight excluding hydrogens is 532 g/mol. The summed E-state index contributed by atoms with van der Waals surface area (Å²) >= 11 is 0. The topological polar surface area (TPSA) is 121 Å². The number of pyridine rings is 1. The fourth-order valence-corrected chi connectivity index (χ4v) is 5.51. The lowest BCUT2D eigenvalue weighted by Crippen LogP contribution is -2.36. The second-order valence-electron chi connectivity index (χ2n) is 11.3. The minimum Gasteiger partial charge on any atom is -0.378 e. The van der Waals surface area contributed by atoms with Crippen molar-refractivity contribution >= 4 is 28.9 Å². The van der Waals surface area contributed by atoms with E-state index >= 15 is 0 Å². The van der Waals surface area contributed by atoms with Gasteiger partial charge in [0.15, 0.2) is 11.6 Å². The van der Waals surface area contributed by atoms with Crippen molar-refractivity contribution in [1.29, 1.82) is 0 Å². The fraction of sp³-hybridized carbons (Fsp3) is 0.312. The third-order valence-electron chi connectivity index (χ3n) is 7.86. The van der Waals surface area contributed by atoms with Gasteiger partial charge in [-0.2, -0.15) is 0 Å². The summed E-state index contributed by atoms with van der Waals surface area (Å²) in [4.78, 5) is 30.8. The van der Waals surface area contributed by atoms with Gasteiger partial charge in [-0.25, -0.2) is 0 Å². The van der Waals surface area contributed by atoms with Crippen molar-refractivity contribution in [1.82, 2.24) is 15.2 Å². The molecule has 1 amide bonds. The summed E-state index contributed by atoms with van der Waals surface area (Å²) < 4.78 is 11.2. The number of H-pyrrole nitrogens is 1. The predicted octanol–water partition coefficient (Wildman–Crippen LogP) is 4.78. The summed E-state index contributed by atoms with van der Waals surface area (Å²) in [5.41, 5.74) is 6.04. The van der Waals surface area contributed by atoms with E-state index in [1.165, 1.54) is 5.56 Å². The highest BCUT2D eigenvalue weighted by atomic mass is 16.5. The maximum absolute atomic E-state index is 13.3. The Morgan fingerprint density at radius 2 is 1.83 bits per heavy atom. The van der Waals surface area contributed by atoms with Crippen LogP contribution in [0.1, 0.15) is 40.9 Å². The van der Waals surface area contributed by atoms with Gasteiger partial charge < -0.3 is 30.0 Å². The molecule has 2 aromatic carbocycles. The van der Waals surface area contributed by atoms with Gasteiger partial charge in [0.05, 0.1) is 26.4 Å². The van der Waals surface area contributed by atoms with Crippen molar-refractivity contribution in [2.75, 3.05) is 48.4 Å². The number of carbonyl (C=O) groups excluding carboxylic acids is 1. The first-order chi connectivity index (χ1) is 20.3. The number of nitrogens with zero attached hydrogens (tertiary/aromatic N) is 3. The summed E-state index contributed by atoms with van der Waals surface area (Å²) in [5, 5.41) is 14.7. The van der Waals surface area contributed by atoms with Crippen LogP contribution < -0.4 is 21.1 Å². The zero-order valence-electron chi connectivity index (χ0n) is 24.0. The summed E-state index contributed by atoms with van der Waals surface area (Å²) in [6.45, 7) is 10.3. The molecule has 42 heavy (non-hydrogen) atoms. The van der Waals surface area contributed by atoms with E-state index in [2.05, 4.69) is 44.6 Å². The number of nitrogens with one attached hydrogen (secondary N) is 3. The van der Waals surface area contributed by atoms with Crippen molar-refractivity contribution in [2.24, 2.45) is 0 Å². The van der Waals surface area contributed by atoms with Gasteiger partial charge in [0.2, 0.25) is 0 Å². The molecule has 0 radical (unpaired) electrons. The molecule has 0 unspecified atom stereocenters. The minimum atomic E-state index is -0.278. The van der Waals surface area contributed by atoms with Gasteiger partial charge in [0.25, 0.3) is 11.5 Å². The Bertz CT molecular complexity index is 1680. The highest BCUT2D eigenvalue weighted by Gasteiger charge is 2.28. The molecule has 2 aromatic heterocycles. The standard InChI is InChI=1S/C32H34N6O4/c1-20-24(5-4-6-26(20)35-30(39)21-7-8-25-23(15-21)18-42-19-32(25,2)3)22-16-27(31(40)33-17-22)34-28-9-10-29(37-36-28)38-11-13-41-14-12-38/h4-10,15-17H,11-14,18-19H2,1-3H3,(H,33,40)(H,34,36)(H,35,39).